The first-order valence-electron chi connectivity index (χ1n) is 7.25. The van der Waals surface area contributed by atoms with Crippen molar-refractivity contribution >= 4 is 11.5 Å². The molecular weight excluding hydrogens is 321 g/mol. The summed E-state index contributed by atoms with van der Waals surface area (Å²) in [5.74, 6) is 0.371. The molecule has 2 rings (SSSR count). The van der Waals surface area contributed by atoms with Crippen LogP contribution in [-0.2, 0) is 17.5 Å². The van der Waals surface area contributed by atoms with Crippen LogP contribution in [0, 0.1) is 6.92 Å². The molecule has 0 unspecified atom stereocenters. The lowest BCUT2D eigenvalue weighted by Gasteiger charge is -2.09. The van der Waals surface area contributed by atoms with Gasteiger partial charge in [-0.15, -0.1) is 10.2 Å². The second kappa shape index (κ2) is 7.29. The van der Waals surface area contributed by atoms with Crippen molar-refractivity contribution < 1.29 is 18.0 Å². The molecule has 1 aromatic heterocycles. The minimum absolute atomic E-state index is 0.356. The van der Waals surface area contributed by atoms with E-state index < -0.39 is 11.7 Å². The fraction of sp³-hybridized carbons (Fsp3) is 0.312. The Bertz CT molecular complexity index is 750. The van der Waals surface area contributed by atoms with Gasteiger partial charge in [0, 0.05) is 19.2 Å². The van der Waals surface area contributed by atoms with E-state index in [0.717, 1.165) is 18.0 Å². The average Bonchev–Trinajstić information content (AvgIpc) is 2.92. The van der Waals surface area contributed by atoms with E-state index in [1.54, 1.807) is 24.7 Å². The van der Waals surface area contributed by atoms with Gasteiger partial charge in [0.2, 0.25) is 5.91 Å². The van der Waals surface area contributed by atoms with E-state index in [-0.39, 0.29) is 5.91 Å². The van der Waals surface area contributed by atoms with Crippen molar-refractivity contribution in [3.63, 3.8) is 0 Å². The van der Waals surface area contributed by atoms with Crippen molar-refractivity contribution in [2.24, 2.45) is 0 Å². The van der Waals surface area contributed by atoms with Crippen LogP contribution in [0.2, 0.25) is 0 Å². The Morgan fingerprint density at radius 2 is 2.12 bits per heavy atom. The zero-order valence-electron chi connectivity index (χ0n) is 13.3. The number of carbonyl (C=O) groups is 1. The topological polar surface area (TPSA) is 59.8 Å². The summed E-state index contributed by atoms with van der Waals surface area (Å²) >= 11 is 0. The highest BCUT2D eigenvalue weighted by Gasteiger charge is 2.30. The first kappa shape index (κ1) is 17.7. The minimum atomic E-state index is -4.41. The Hall–Kier alpha value is -2.64. The van der Waals surface area contributed by atoms with Crippen molar-refractivity contribution in [3.05, 3.63) is 53.6 Å². The summed E-state index contributed by atoms with van der Waals surface area (Å²) in [4.78, 5) is 11.9. The lowest BCUT2D eigenvalue weighted by molar-refractivity contribution is -0.137. The molecule has 0 fully saturated rings. The van der Waals surface area contributed by atoms with Crippen molar-refractivity contribution in [1.82, 2.24) is 20.1 Å². The summed E-state index contributed by atoms with van der Waals surface area (Å²) in [5, 5.41) is 10.2. The number of benzene rings is 1. The number of hydrogen-bond donors (Lipinski definition) is 1. The van der Waals surface area contributed by atoms with Crippen LogP contribution in [0.25, 0.3) is 5.57 Å². The lowest BCUT2D eigenvalue weighted by atomic mass is 10.0. The zero-order chi connectivity index (χ0) is 17.7. The molecule has 1 N–H and O–H groups in total. The smallest absolute Gasteiger partial charge is 0.351 e. The molecule has 24 heavy (non-hydrogen) atoms. The Morgan fingerprint density at radius 3 is 2.75 bits per heavy atom. The molecule has 0 aliphatic rings. The summed E-state index contributed by atoms with van der Waals surface area (Å²) in [6.07, 6.45) is -1.56. The van der Waals surface area contributed by atoms with E-state index >= 15 is 0 Å². The highest BCUT2D eigenvalue weighted by Crippen LogP contribution is 2.30. The van der Waals surface area contributed by atoms with Crippen molar-refractivity contribution in [2.75, 3.05) is 6.54 Å². The number of allylic oxidation sites excluding steroid dienone is 1. The molecule has 1 amide bonds. The van der Waals surface area contributed by atoms with Crippen LogP contribution >= 0.6 is 0 Å². The Kier molecular flexibility index (Phi) is 5.38. The average molecular weight is 338 g/mol. The van der Waals surface area contributed by atoms with E-state index in [0.29, 0.717) is 24.2 Å². The third-order valence-corrected chi connectivity index (χ3v) is 3.45. The van der Waals surface area contributed by atoms with E-state index in [2.05, 4.69) is 15.5 Å². The number of amides is 1. The summed E-state index contributed by atoms with van der Waals surface area (Å²) in [6, 6.07) is 4.88. The number of alkyl halides is 3. The molecule has 0 bridgehead atoms. The molecule has 0 spiro atoms. The first-order valence-corrected chi connectivity index (χ1v) is 7.25. The maximum Gasteiger partial charge on any atom is 0.416 e. The maximum atomic E-state index is 12.7. The molecule has 0 aliphatic carbocycles. The van der Waals surface area contributed by atoms with Gasteiger partial charge < -0.3 is 9.88 Å². The van der Waals surface area contributed by atoms with Gasteiger partial charge in [-0.25, -0.2) is 0 Å². The standard InChI is InChI=1S/C16H17F3N4O/c1-11(13-4-3-5-14(9-13)16(17,18)19)8-15(24)20-6-7-23-10-21-22-12(23)2/h3-5,8-10H,6-7H2,1-2H3,(H,20,24). The number of nitrogens with zero attached hydrogens (tertiary/aromatic N) is 3. The van der Waals surface area contributed by atoms with Gasteiger partial charge in [-0.1, -0.05) is 12.1 Å². The fourth-order valence-corrected chi connectivity index (χ4v) is 2.10. The molecule has 0 saturated carbocycles. The van der Waals surface area contributed by atoms with Crippen LogP contribution < -0.4 is 5.32 Å². The Balaban J connectivity index is 1.97. The number of aromatic nitrogens is 3. The van der Waals surface area contributed by atoms with Gasteiger partial charge in [-0.2, -0.15) is 13.2 Å². The number of nitrogens with one attached hydrogen (secondary N) is 1. The van der Waals surface area contributed by atoms with Crippen LogP contribution in [-0.4, -0.2) is 27.2 Å². The molecule has 2 aromatic rings. The Labute approximate surface area is 137 Å². The number of aryl methyl sites for hydroxylation is 1. The first-order chi connectivity index (χ1) is 11.3. The third kappa shape index (κ3) is 4.68. The molecule has 0 atom stereocenters. The summed E-state index contributed by atoms with van der Waals surface area (Å²) in [7, 11) is 0. The number of carbonyl (C=O) groups excluding carboxylic acids is 1. The van der Waals surface area contributed by atoms with Crippen LogP contribution in [0.3, 0.4) is 0 Å². The van der Waals surface area contributed by atoms with Gasteiger partial charge in [0.25, 0.3) is 0 Å². The molecule has 1 heterocycles. The van der Waals surface area contributed by atoms with Gasteiger partial charge in [-0.05, 0) is 37.1 Å². The maximum absolute atomic E-state index is 12.7. The number of halogens is 3. The molecule has 128 valence electrons. The fourth-order valence-electron chi connectivity index (χ4n) is 2.10. The molecule has 5 nitrogen and oxygen atoms in total. The molecule has 0 radical (unpaired) electrons. The van der Waals surface area contributed by atoms with E-state index in [4.69, 9.17) is 0 Å². The van der Waals surface area contributed by atoms with E-state index in [9.17, 15) is 18.0 Å². The van der Waals surface area contributed by atoms with Crippen LogP contribution in [0.15, 0.2) is 36.7 Å². The third-order valence-electron chi connectivity index (χ3n) is 3.45. The number of rotatable bonds is 5. The zero-order valence-corrected chi connectivity index (χ0v) is 13.3. The highest BCUT2D eigenvalue weighted by atomic mass is 19.4. The predicted molar refractivity (Wildman–Crippen MR) is 82.9 cm³/mol. The lowest BCUT2D eigenvalue weighted by Crippen LogP contribution is -2.25. The van der Waals surface area contributed by atoms with E-state index in [1.807, 2.05) is 0 Å². The van der Waals surface area contributed by atoms with Crippen LogP contribution in [0.1, 0.15) is 23.9 Å². The minimum Gasteiger partial charge on any atom is -0.351 e. The molecule has 0 aliphatic heterocycles. The quantitative estimate of drug-likeness (QED) is 0.853. The molecule has 1 aromatic carbocycles. The molecule has 8 heteroatoms. The van der Waals surface area contributed by atoms with E-state index in [1.165, 1.54) is 18.2 Å². The largest absolute Gasteiger partial charge is 0.416 e. The SMILES string of the molecule is CC(=CC(=O)NCCn1cnnc1C)c1cccc(C(F)(F)F)c1. The van der Waals surface area contributed by atoms with Gasteiger partial charge >= 0.3 is 6.18 Å². The van der Waals surface area contributed by atoms with Crippen LogP contribution in [0.5, 0.6) is 0 Å². The Morgan fingerprint density at radius 1 is 1.38 bits per heavy atom. The normalized spacial score (nSPS) is 12.3. The predicted octanol–water partition coefficient (Wildman–Crippen LogP) is 2.83. The van der Waals surface area contributed by atoms with Gasteiger partial charge in [-0.3, -0.25) is 4.79 Å². The van der Waals surface area contributed by atoms with Gasteiger partial charge in [0.15, 0.2) is 0 Å². The highest BCUT2D eigenvalue weighted by molar-refractivity contribution is 5.94. The summed E-state index contributed by atoms with van der Waals surface area (Å²) < 4.78 is 39.9. The summed E-state index contributed by atoms with van der Waals surface area (Å²) in [5.41, 5.74) is 0.0740. The summed E-state index contributed by atoms with van der Waals surface area (Å²) in [6.45, 7) is 4.27. The second-order valence-electron chi connectivity index (χ2n) is 5.27. The van der Waals surface area contributed by atoms with Crippen molar-refractivity contribution in [3.8, 4) is 0 Å². The number of hydrogen-bond acceptors (Lipinski definition) is 3. The second-order valence-corrected chi connectivity index (χ2v) is 5.27. The van der Waals surface area contributed by atoms with Gasteiger partial charge in [0.05, 0.1) is 5.56 Å². The van der Waals surface area contributed by atoms with Crippen LogP contribution in [0.4, 0.5) is 13.2 Å². The van der Waals surface area contributed by atoms with Crippen molar-refractivity contribution in [1.29, 1.82) is 0 Å². The van der Waals surface area contributed by atoms with Gasteiger partial charge in [0.1, 0.15) is 12.2 Å². The van der Waals surface area contributed by atoms with Crippen molar-refractivity contribution in [2.45, 2.75) is 26.6 Å². The monoisotopic (exact) mass is 338 g/mol. The molecule has 0 saturated heterocycles. The molecular formula is C16H17F3N4O.